The highest BCUT2D eigenvalue weighted by molar-refractivity contribution is 6.79. The van der Waals surface area contributed by atoms with E-state index in [9.17, 15) is 5.26 Å². The van der Waals surface area contributed by atoms with Gasteiger partial charge in [0, 0.05) is 17.1 Å². The van der Waals surface area contributed by atoms with Crippen molar-refractivity contribution >= 4 is 40.3 Å². The van der Waals surface area contributed by atoms with Gasteiger partial charge in [0.2, 0.25) is 0 Å². The lowest BCUT2D eigenvalue weighted by molar-refractivity contribution is 0.872. The Morgan fingerprint density at radius 2 is 1.96 bits per heavy atom. The molecular formula is C21H18BClN4. The number of nitrogens with zero attached hydrogens (tertiary/aromatic N) is 4. The molecule has 0 amide bonds. The highest BCUT2D eigenvalue weighted by atomic mass is 35.5. The van der Waals surface area contributed by atoms with Gasteiger partial charge in [-0.2, -0.15) is 5.10 Å². The first kappa shape index (κ1) is 17.6. The quantitative estimate of drug-likeness (QED) is 0.398. The molecule has 0 bridgehead atoms. The third-order valence-corrected chi connectivity index (χ3v) is 5.13. The molecule has 0 saturated heterocycles. The lowest BCUT2D eigenvalue weighted by Crippen LogP contribution is -2.37. The first-order valence-corrected chi connectivity index (χ1v) is 9.36. The van der Waals surface area contributed by atoms with E-state index in [1.54, 1.807) is 10.6 Å². The second kappa shape index (κ2) is 7.05. The zero-order chi connectivity index (χ0) is 19.0. The van der Waals surface area contributed by atoms with Crippen molar-refractivity contribution in [3.63, 3.8) is 0 Å². The molecule has 4 nitrogen and oxygen atoms in total. The van der Waals surface area contributed by atoms with Crippen LogP contribution in [0.25, 0.3) is 16.4 Å². The smallest absolute Gasteiger partial charge is 0.227 e. The predicted octanol–water partition coefficient (Wildman–Crippen LogP) is 4.21. The van der Waals surface area contributed by atoms with Crippen LogP contribution in [0.2, 0.25) is 5.15 Å². The molecule has 2 heterocycles. The number of hydrogen-bond acceptors (Lipinski definition) is 3. The standard InChI is InChI=1S/C21H18BClN4/c1-14(2)18-12-25-27-19(10-20(23)26-21(18)27)22(13-24)11-16-8-5-7-15-6-3-4-9-17(15)16/h3-10,12,14H,11H2,1-2H3. The molecule has 4 rings (SSSR count). The van der Waals surface area contributed by atoms with E-state index in [4.69, 9.17) is 11.6 Å². The third kappa shape index (κ3) is 3.18. The van der Waals surface area contributed by atoms with Crippen molar-refractivity contribution < 1.29 is 0 Å². The molecule has 0 unspecified atom stereocenters. The Hall–Kier alpha value is -2.84. The van der Waals surface area contributed by atoms with Gasteiger partial charge < -0.3 is 0 Å². The van der Waals surface area contributed by atoms with Crippen molar-refractivity contribution in [3.05, 3.63) is 71.0 Å². The summed E-state index contributed by atoms with van der Waals surface area (Å²) in [6.07, 6.45) is 2.41. The first-order valence-electron chi connectivity index (χ1n) is 8.99. The van der Waals surface area contributed by atoms with Crippen LogP contribution < -0.4 is 5.59 Å². The van der Waals surface area contributed by atoms with E-state index in [0.29, 0.717) is 11.5 Å². The maximum atomic E-state index is 9.92. The molecule has 2 aromatic carbocycles. The molecule has 2 aromatic heterocycles. The van der Waals surface area contributed by atoms with E-state index in [-0.39, 0.29) is 12.6 Å². The van der Waals surface area contributed by atoms with Gasteiger partial charge in [-0.3, -0.25) is 0 Å². The Morgan fingerprint density at radius 3 is 2.74 bits per heavy atom. The molecule has 6 heteroatoms. The first-order chi connectivity index (χ1) is 13.1. The molecule has 4 aromatic rings. The average Bonchev–Trinajstić information content (AvgIpc) is 3.09. The van der Waals surface area contributed by atoms with Crippen LogP contribution in [0.4, 0.5) is 0 Å². The number of rotatable bonds is 4. The van der Waals surface area contributed by atoms with Crippen molar-refractivity contribution in [2.45, 2.75) is 26.1 Å². The lowest BCUT2D eigenvalue weighted by Gasteiger charge is -2.12. The van der Waals surface area contributed by atoms with E-state index < -0.39 is 0 Å². The number of hydrogen-bond donors (Lipinski definition) is 0. The SMILES string of the molecule is CC(C)c1cnn2c(B(C#N)Cc3cccc4ccccc34)cc(Cl)nc12. The fraction of sp³-hybridized carbons (Fsp3) is 0.190. The van der Waals surface area contributed by atoms with E-state index in [0.717, 1.165) is 22.4 Å². The summed E-state index contributed by atoms with van der Waals surface area (Å²) in [6, 6.07) is 16.2. The Labute approximate surface area is 163 Å². The molecule has 0 radical (unpaired) electrons. The number of benzene rings is 2. The van der Waals surface area contributed by atoms with E-state index in [1.807, 2.05) is 24.4 Å². The number of halogens is 1. The van der Waals surface area contributed by atoms with Gasteiger partial charge in [-0.25, -0.2) is 14.8 Å². The summed E-state index contributed by atoms with van der Waals surface area (Å²) in [5.74, 6) is 2.72. The van der Waals surface area contributed by atoms with Crippen molar-refractivity contribution in [2.75, 3.05) is 0 Å². The molecule has 132 valence electrons. The Balaban J connectivity index is 1.83. The molecule has 0 aliphatic heterocycles. The molecule has 0 saturated carbocycles. The van der Waals surface area contributed by atoms with Gasteiger partial charge >= 0.3 is 6.71 Å². The maximum absolute atomic E-state index is 9.92. The zero-order valence-corrected chi connectivity index (χ0v) is 16.0. The normalized spacial score (nSPS) is 11.2. The molecule has 0 atom stereocenters. The predicted molar refractivity (Wildman–Crippen MR) is 111 cm³/mol. The molecule has 0 fully saturated rings. The van der Waals surface area contributed by atoms with E-state index >= 15 is 0 Å². The Kier molecular flexibility index (Phi) is 4.59. The summed E-state index contributed by atoms with van der Waals surface area (Å²) in [7, 11) is 0. The average molecular weight is 373 g/mol. The second-order valence-corrected chi connectivity index (χ2v) is 7.41. The molecule has 27 heavy (non-hydrogen) atoms. The van der Waals surface area contributed by atoms with Crippen molar-refractivity contribution in [3.8, 4) is 5.97 Å². The Morgan fingerprint density at radius 1 is 1.19 bits per heavy atom. The van der Waals surface area contributed by atoms with Crippen LogP contribution in [0.3, 0.4) is 0 Å². The van der Waals surface area contributed by atoms with Gasteiger partial charge in [-0.15, -0.1) is 0 Å². The molecular weight excluding hydrogens is 355 g/mol. The highest BCUT2D eigenvalue weighted by Gasteiger charge is 2.24. The molecule has 0 aliphatic carbocycles. The maximum Gasteiger partial charge on any atom is 0.326 e. The van der Waals surface area contributed by atoms with Crippen LogP contribution in [0, 0.1) is 11.2 Å². The van der Waals surface area contributed by atoms with Gasteiger partial charge in [-0.1, -0.05) is 67.9 Å². The Bertz CT molecular complexity index is 1170. The van der Waals surface area contributed by atoms with Gasteiger partial charge in [0.05, 0.1) is 6.20 Å². The zero-order valence-electron chi connectivity index (χ0n) is 15.2. The second-order valence-electron chi connectivity index (χ2n) is 7.02. The minimum absolute atomic E-state index is 0.278. The van der Waals surface area contributed by atoms with E-state index in [2.05, 4.69) is 54.2 Å². The van der Waals surface area contributed by atoms with Crippen LogP contribution in [-0.4, -0.2) is 21.3 Å². The lowest BCUT2D eigenvalue weighted by atomic mass is 9.45. The van der Waals surface area contributed by atoms with Crippen LogP contribution in [0.1, 0.15) is 30.9 Å². The number of fused-ring (bicyclic) bond motifs is 2. The van der Waals surface area contributed by atoms with Crippen LogP contribution in [0.15, 0.2) is 54.7 Å². The fourth-order valence-electron chi connectivity index (χ4n) is 3.53. The summed E-state index contributed by atoms with van der Waals surface area (Å²) in [6.45, 7) is 3.81. The largest absolute Gasteiger partial charge is 0.326 e. The monoisotopic (exact) mass is 372 g/mol. The van der Waals surface area contributed by atoms with Gasteiger partial charge in [-0.05, 0) is 34.6 Å². The highest BCUT2D eigenvalue weighted by Crippen LogP contribution is 2.22. The molecule has 0 N–H and O–H groups in total. The summed E-state index contributed by atoms with van der Waals surface area (Å²) in [4.78, 5) is 4.45. The minimum Gasteiger partial charge on any atom is -0.227 e. The van der Waals surface area contributed by atoms with Gasteiger partial charge in [0.1, 0.15) is 5.15 Å². The van der Waals surface area contributed by atoms with Crippen LogP contribution >= 0.6 is 11.6 Å². The number of aromatic nitrogens is 3. The third-order valence-electron chi connectivity index (χ3n) is 4.93. The van der Waals surface area contributed by atoms with Gasteiger partial charge in [0.25, 0.3) is 0 Å². The molecule has 0 aliphatic rings. The minimum atomic E-state index is -0.376. The van der Waals surface area contributed by atoms with Crippen molar-refractivity contribution in [2.24, 2.45) is 0 Å². The van der Waals surface area contributed by atoms with Crippen LogP contribution in [-0.2, 0) is 6.32 Å². The van der Waals surface area contributed by atoms with E-state index in [1.165, 1.54) is 10.8 Å². The fourth-order valence-corrected chi connectivity index (χ4v) is 3.73. The number of nitriles is 1. The van der Waals surface area contributed by atoms with Gasteiger partial charge in [0.15, 0.2) is 5.65 Å². The summed E-state index contributed by atoms with van der Waals surface area (Å²) in [5.41, 5.74) is 3.66. The molecule has 0 spiro atoms. The van der Waals surface area contributed by atoms with Crippen LogP contribution in [0.5, 0.6) is 0 Å². The topological polar surface area (TPSA) is 54.0 Å². The van der Waals surface area contributed by atoms with Crippen molar-refractivity contribution in [1.82, 2.24) is 14.6 Å². The summed E-state index contributed by atoms with van der Waals surface area (Å²) >= 11 is 6.29. The van der Waals surface area contributed by atoms with Crippen molar-refractivity contribution in [1.29, 1.82) is 5.26 Å². The summed E-state index contributed by atoms with van der Waals surface area (Å²) < 4.78 is 1.76. The summed E-state index contributed by atoms with van der Waals surface area (Å²) in [5, 5.41) is 17.1.